The lowest BCUT2D eigenvalue weighted by Gasteiger charge is -2.36. The Morgan fingerprint density at radius 3 is 2.83 bits per heavy atom. The molecule has 0 atom stereocenters. The van der Waals surface area contributed by atoms with E-state index in [0.717, 1.165) is 19.4 Å². The largest absolute Gasteiger partial charge is 0.368 e. The number of hydrogen-bond donors (Lipinski definition) is 3. The molecule has 1 aromatic rings. The van der Waals surface area contributed by atoms with E-state index in [1.165, 1.54) is 25.6 Å². The molecule has 0 radical (unpaired) electrons. The summed E-state index contributed by atoms with van der Waals surface area (Å²) in [6.07, 6.45) is 7.32. The van der Waals surface area contributed by atoms with Gasteiger partial charge >= 0.3 is 0 Å². The third kappa shape index (κ3) is 2.84. The maximum absolute atomic E-state index is 11.3. The first-order valence-corrected chi connectivity index (χ1v) is 6.72. The summed E-state index contributed by atoms with van der Waals surface area (Å²) < 4.78 is 0. The third-order valence-corrected chi connectivity index (χ3v) is 4.13. The van der Waals surface area contributed by atoms with Gasteiger partial charge in [0.1, 0.15) is 5.02 Å². The minimum Gasteiger partial charge on any atom is -0.368 e. The van der Waals surface area contributed by atoms with Crippen LogP contribution in [0.15, 0.2) is 11.1 Å². The van der Waals surface area contributed by atoms with Crippen LogP contribution in [-0.4, -0.2) is 23.1 Å². The van der Waals surface area contributed by atoms with Crippen molar-refractivity contribution in [2.75, 3.05) is 18.4 Å². The summed E-state index contributed by atoms with van der Waals surface area (Å²) in [6, 6.07) is 0. The fourth-order valence-electron chi connectivity index (χ4n) is 2.53. The van der Waals surface area contributed by atoms with Gasteiger partial charge in [0.15, 0.2) is 5.82 Å². The highest BCUT2D eigenvalue weighted by atomic mass is 35.5. The zero-order chi connectivity index (χ0) is 13.0. The van der Waals surface area contributed by atoms with Crippen LogP contribution in [0.1, 0.15) is 32.1 Å². The molecule has 1 aromatic heterocycles. The molecule has 1 saturated carbocycles. The molecule has 5 nitrogen and oxygen atoms in total. The van der Waals surface area contributed by atoms with Crippen molar-refractivity contribution in [2.24, 2.45) is 11.1 Å². The van der Waals surface area contributed by atoms with Crippen molar-refractivity contribution >= 4 is 17.4 Å². The predicted molar refractivity (Wildman–Crippen MR) is 72.9 cm³/mol. The highest BCUT2D eigenvalue weighted by Crippen LogP contribution is 2.35. The smallest absolute Gasteiger partial charge is 0.271 e. The van der Waals surface area contributed by atoms with Crippen LogP contribution < -0.4 is 16.6 Å². The fraction of sp³-hybridized carbons (Fsp3) is 0.667. The minimum absolute atomic E-state index is 0.112. The predicted octanol–water partition coefficient (Wildman–Crippen LogP) is 1.74. The monoisotopic (exact) mass is 270 g/mol. The Kier molecular flexibility index (Phi) is 4.24. The summed E-state index contributed by atoms with van der Waals surface area (Å²) in [5, 5.41) is 3.28. The number of aromatic amines is 1. The molecule has 0 amide bonds. The average Bonchev–Trinajstić information content (AvgIpc) is 2.41. The molecule has 0 saturated heterocycles. The topological polar surface area (TPSA) is 83.8 Å². The first-order chi connectivity index (χ1) is 8.67. The zero-order valence-corrected chi connectivity index (χ0v) is 11.1. The Morgan fingerprint density at radius 1 is 1.44 bits per heavy atom. The first kappa shape index (κ1) is 13.4. The van der Waals surface area contributed by atoms with Gasteiger partial charge in [-0.1, -0.05) is 30.9 Å². The van der Waals surface area contributed by atoms with Gasteiger partial charge in [-0.2, -0.15) is 0 Å². The summed E-state index contributed by atoms with van der Waals surface area (Å²) in [4.78, 5) is 17.8. The van der Waals surface area contributed by atoms with E-state index in [4.69, 9.17) is 17.3 Å². The van der Waals surface area contributed by atoms with E-state index in [-0.39, 0.29) is 16.0 Å². The van der Waals surface area contributed by atoms with Crippen molar-refractivity contribution < 1.29 is 0 Å². The van der Waals surface area contributed by atoms with Crippen molar-refractivity contribution in [3.05, 3.63) is 21.7 Å². The molecule has 0 aliphatic heterocycles. The van der Waals surface area contributed by atoms with Gasteiger partial charge in [-0.05, 0) is 24.8 Å². The van der Waals surface area contributed by atoms with E-state index in [1.807, 2.05) is 0 Å². The van der Waals surface area contributed by atoms with Gasteiger partial charge in [0, 0.05) is 6.54 Å². The highest BCUT2D eigenvalue weighted by molar-refractivity contribution is 6.32. The Morgan fingerprint density at radius 2 is 2.17 bits per heavy atom. The van der Waals surface area contributed by atoms with Crippen molar-refractivity contribution in [3.63, 3.8) is 0 Å². The number of nitrogens with one attached hydrogen (secondary N) is 2. The van der Waals surface area contributed by atoms with Crippen molar-refractivity contribution in [1.82, 2.24) is 9.97 Å². The number of nitrogens with zero attached hydrogens (tertiary/aromatic N) is 1. The van der Waals surface area contributed by atoms with E-state index in [9.17, 15) is 4.79 Å². The number of H-pyrrole nitrogens is 1. The number of nitrogens with two attached hydrogens (primary N) is 1. The maximum atomic E-state index is 11.3. The van der Waals surface area contributed by atoms with Gasteiger partial charge < -0.3 is 16.0 Å². The molecule has 1 aliphatic rings. The van der Waals surface area contributed by atoms with Crippen LogP contribution in [0.3, 0.4) is 0 Å². The van der Waals surface area contributed by atoms with E-state index in [1.54, 1.807) is 0 Å². The van der Waals surface area contributed by atoms with Gasteiger partial charge in [0.25, 0.3) is 5.56 Å². The van der Waals surface area contributed by atoms with Gasteiger partial charge in [-0.15, -0.1) is 0 Å². The molecule has 0 aromatic carbocycles. The fourth-order valence-corrected chi connectivity index (χ4v) is 2.70. The number of anilines is 1. The highest BCUT2D eigenvalue weighted by Gasteiger charge is 2.30. The second kappa shape index (κ2) is 5.71. The summed E-state index contributed by atoms with van der Waals surface area (Å²) in [5.74, 6) is 0.443. The minimum atomic E-state index is -0.320. The molecule has 0 spiro atoms. The molecule has 2 rings (SSSR count). The third-order valence-electron chi connectivity index (χ3n) is 3.77. The molecule has 4 N–H and O–H groups in total. The van der Waals surface area contributed by atoms with Gasteiger partial charge in [0.2, 0.25) is 0 Å². The Labute approximate surface area is 111 Å². The van der Waals surface area contributed by atoms with Crippen LogP contribution in [0.2, 0.25) is 5.02 Å². The van der Waals surface area contributed by atoms with E-state index >= 15 is 0 Å². The van der Waals surface area contributed by atoms with Crippen LogP contribution >= 0.6 is 11.6 Å². The molecule has 0 unspecified atom stereocenters. The van der Waals surface area contributed by atoms with Crippen LogP contribution in [0.5, 0.6) is 0 Å². The molecule has 1 fully saturated rings. The SMILES string of the molecule is NCC1(CNc2nc[nH]c(=O)c2Cl)CCCCC1. The Balaban J connectivity index is 2.05. The molecule has 18 heavy (non-hydrogen) atoms. The standard InChI is InChI=1S/C12H19ClN4O/c13-9-10(16-8-17-11(9)18)15-7-12(6-14)4-2-1-3-5-12/h8H,1-7,14H2,(H2,15,16,17,18). The molecule has 6 heteroatoms. The van der Waals surface area contributed by atoms with E-state index in [0.29, 0.717) is 12.4 Å². The van der Waals surface area contributed by atoms with Gasteiger partial charge in [-0.25, -0.2) is 4.98 Å². The van der Waals surface area contributed by atoms with Crippen molar-refractivity contribution in [2.45, 2.75) is 32.1 Å². The summed E-state index contributed by atoms with van der Waals surface area (Å²) in [5.41, 5.74) is 5.71. The zero-order valence-electron chi connectivity index (χ0n) is 10.3. The number of halogens is 1. The second-order valence-corrected chi connectivity index (χ2v) is 5.39. The van der Waals surface area contributed by atoms with Gasteiger partial charge in [-0.3, -0.25) is 4.79 Å². The van der Waals surface area contributed by atoms with Gasteiger partial charge in [0.05, 0.1) is 6.33 Å². The van der Waals surface area contributed by atoms with E-state index < -0.39 is 0 Å². The summed E-state index contributed by atoms with van der Waals surface area (Å²) in [6.45, 7) is 1.38. The lowest BCUT2D eigenvalue weighted by atomic mass is 9.74. The molecule has 1 aliphatic carbocycles. The van der Waals surface area contributed by atoms with Crippen LogP contribution in [0.4, 0.5) is 5.82 Å². The van der Waals surface area contributed by atoms with Crippen LogP contribution in [0.25, 0.3) is 0 Å². The van der Waals surface area contributed by atoms with Crippen molar-refractivity contribution in [1.29, 1.82) is 0 Å². The lowest BCUT2D eigenvalue weighted by molar-refractivity contribution is 0.215. The summed E-state index contributed by atoms with van der Waals surface area (Å²) in [7, 11) is 0. The maximum Gasteiger partial charge on any atom is 0.271 e. The number of aromatic nitrogens is 2. The molecular formula is C12H19ClN4O. The molecule has 1 heterocycles. The molecule has 100 valence electrons. The second-order valence-electron chi connectivity index (χ2n) is 5.01. The average molecular weight is 271 g/mol. The van der Waals surface area contributed by atoms with Crippen LogP contribution in [-0.2, 0) is 0 Å². The number of rotatable bonds is 4. The summed E-state index contributed by atoms with van der Waals surface area (Å²) >= 11 is 5.90. The Hall–Kier alpha value is -1.07. The normalized spacial score (nSPS) is 18.6. The molecule has 0 bridgehead atoms. The first-order valence-electron chi connectivity index (χ1n) is 6.34. The number of hydrogen-bond acceptors (Lipinski definition) is 4. The Bertz CT molecular complexity index is 454. The quantitative estimate of drug-likeness (QED) is 0.778. The van der Waals surface area contributed by atoms with Crippen LogP contribution in [0, 0.1) is 5.41 Å². The molecular weight excluding hydrogens is 252 g/mol. The van der Waals surface area contributed by atoms with E-state index in [2.05, 4.69) is 15.3 Å². The van der Waals surface area contributed by atoms with Crippen molar-refractivity contribution in [3.8, 4) is 0 Å². The lowest BCUT2D eigenvalue weighted by Crippen LogP contribution is -2.39.